The second kappa shape index (κ2) is 15.2. The molecule has 0 aromatic rings. The maximum atomic E-state index is 14.0. The lowest BCUT2D eigenvalue weighted by Crippen LogP contribution is -2.46. The summed E-state index contributed by atoms with van der Waals surface area (Å²) in [6.45, 7) is 13.5. The van der Waals surface area contributed by atoms with E-state index in [-0.39, 0.29) is 6.10 Å². The van der Waals surface area contributed by atoms with E-state index in [1.165, 1.54) is 88.7 Å². The molecule has 0 radical (unpaired) electrons. The van der Waals surface area contributed by atoms with Crippen molar-refractivity contribution < 1.29 is 9.50 Å². The number of piperidine rings is 1. The monoisotopic (exact) mass is 583 g/mol. The van der Waals surface area contributed by atoms with E-state index in [0.717, 1.165) is 56.4 Å². The average molecular weight is 584 g/mol. The quantitative estimate of drug-likeness (QED) is 0.207. The molecule has 5 rings (SSSR count). The van der Waals surface area contributed by atoms with E-state index < -0.39 is 6.17 Å². The van der Waals surface area contributed by atoms with Crippen LogP contribution in [0.25, 0.3) is 0 Å². The molecule has 1 saturated heterocycles. The highest BCUT2D eigenvalue weighted by molar-refractivity contribution is 5.41. The number of hydrogen-bond acceptors (Lipinski definition) is 4. The zero-order valence-corrected chi connectivity index (χ0v) is 27.4. The van der Waals surface area contributed by atoms with Gasteiger partial charge in [-0.2, -0.15) is 0 Å². The summed E-state index contributed by atoms with van der Waals surface area (Å²) < 4.78 is 14.0. The lowest BCUT2D eigenvalue weighted by Gasteiger charge is -2.40. The average Bonchev–Trinajstić information content (AvgIpc) is 3.83. The number of likely N-dealkylation sites (tertiary alicyclic amines) is 1. The zero-order chi connectivity index (χ0) is 29.6. The van der Waals surface area contributed by atoms with Gasteiger partial charge in [0.1, 0.15) is 6.17 Å². The molecule has 42 heavy (non-hydrogen) atoms. The normalized spacial score (nSPS) is 32.6. The minimum Gasteiger partial charge on any atom is -0.393 e. The molecule has 5 heteroatoms. The fourth-order valence-corrected chi connectivity index (χ4v) is 8.84. The van der Waals surface area contributed by atoms with Crippen molar-refractivity contribution in [1.29, 1.82) is 0 Å². The van der Waals surface area contributed by atoms with Crippen LogP contribution in [0.2, 0.25) is 0 Å². The molecule has 2 heterocycles. The van der Waals surface area contributed by atoms with Crippen LogP contribution in [0.3, 0.4) is 0 Å². The van der Waals surface area contributed by atoms with E-state index in [1.807, 2.05) is 6.92 Å². The van der Waals surface area contributed by atoms with Gasteiger partial charge in [0.05, 0.1) is 6.10 Å². The molecule has 238 valence electrons. The number of aliphatic hydroxyl groups is 1. The largest absolute Gasteiger partial charge is 0.393 e. The summed E-state index contributed by atoms with van der Waals surface area (Å²) in [5.41, 5.74) is 7.96. The van der Waals surface area contributed by atoms with Crippen molar-refractivity contribution in [3.8, 4) is 0 Å². The Kier molecular flexibility index (Phi) is 11.7. The van der Waals surface area contributed by atoms with E-state index in [9.17, 15) is 9.50 Å². The predicted octanol–water partition coefficient (Wildman–Crippen LogP) is 7.84. The van der Waals surface area contributed by atoms with Gasteiger partial charge in [-0.25, -0.2) is 4.39 Å². The molecule has 2 fully saturated rings. The Bertz CT molecular complexity index is 973. The Morgan fingerprint density at radius 1 is 1.07 bits per heavy atom. The van der Waals surface area contributed by atoms with Crippen molar-refractivity contribution in [2.24, 2.45) is 23.7 Å². The van der Waals surface area contributed by atoms with Gasteiger partial charge < -0.3 is 20.6 Å². The van der Waals surface area contributed by atoms with Gasteiger partial charge in [-0.1, -0.05) is 37.5 Å². The van der Waals surface area contributed by atoms with Crippen LogP contribution in [0.1, 0.15) is 124 Å². The summed E-state index contributed by atoms with van der Waals surface area (Å²) in [6, 6.07) is 0.973. The highest BCUT2D eigenvalue weighted by Gasteiger charge is 2.41. The van der Waals surface area contributed by atoms with Crippen molar-refractivity contribution >= 4 is 0 Å². The van der Waals surface area contributed by atoms with Crippen LogP contribution in [-0.4, -0.2) is 60.5 Å². The number of rotatable bonds is 13. The Balaban J connectivity index is 1.12. The van der Waals surface area contributed by atoms with E-state index >= 15 is 0 Å². The van der Waals surface area contributed by atoms with Crippen LogP contribution >= 0.6 is 0 Å². The third kappa shape index (κ3) is 8.30. The first-order valence-electron chi connectivity index (χ1n) is 18.0. The van der Waals surface area contributed by atoms with Gasteiger partial charge in [-0.3, -0.25) is 0 Å². The number of allylic oxidation sites excluding steroid dienone is 5. The molecule has 2 aliphatic heterocycles. The number of nitrogens with one attached hydrogen (secondary N) is 2. The van der Waals surface area contributed by atoms with Gasteiger partial charge in [0.2, 0.25) is 0 Å². The van der Waals surface area contributed by atoms with Crippen LogP contribution in [0.15, 0.2) is 34.1 Å². The lowest BCUT2D eigenvalue weighted by molar-refractivity contribution is 0.100. The second-order valence-electron chi connectivity index (χ2n) is 14.7. The van der Waals surface area contributed by atoms with Gasteiger partial charge in [0.25, 0.3) is 0 Å². The van der Waals surface area contributed by atoms with Crippen LogP contribution in [-0.2, 0) is 0 Å². The minimum absolute atomic E-state index is 0.257. The number of nitrogens with zero attached hydrogens (tertiary/aromatic N) is 1. The molecule has 0 amide bonds. The van der Waals surface area contributed by atoms with Crippen LogP contribution in [0.5, 0.6) is 0 Å². The molecule has 4 nitrogen and oxygen atoms in total. The number of halogens is 1. The molecule has 0 aromatic carbocycles. The summed E-state index contributed by atoms with van der Waals surface area (Å²) in [7, 11) is 0. The number of aliphatic hydroxyl groups excluding tert-OH is 1. The molecular weight excluding hydrogens is 521 g/mol. The summed E-state index contributed by atoms with van der Waals surface area (Å²) >= 11 is 0. The summed E-state index contributed by atoms with van der Waals surface area (Å²) in [6.07, 6.45) is 18.7. The van der Waals surface area contributed by atoms with Crippen LogP contribution in [0, 0.1) is 23.7 Å². The van der Waals surface area contributed by atoms with Gasteiger partial charge in [-0.05, 0) is 146 Å². The molecule has 1 saturated carbocycles. The van der Waals surface area contributed by atoms with Crippen molar-refractivity contribution in [3.05, 3.63) is 34.1 Å². The zero-order valence-electron chi connectivity index (χ0n) is 27.4. The maximum absolute atomic E-state index is 14.0. The number of hydrogen-bond donors (Lipinski definition) is 3. The maximum Gasteiger partial charge on any atom is 0.104 e. The molecular formula is C37H62FN3O. The van der Waals surface area contributed by atoms with Crippen LogP contribution in [0.4, 0.5) is 4.39 Å². The van der Waals surface area contributed by atoms with Gasteiger partial charge in [0, 0.05) is 36.8 Å². The second-order valence-corrected chi connectivity index (χ2v) is 14.7. The molecule has 5 aliphatic rings. The SMILES string of the molecule is CCCCC1=C(C2=CC[C@H](F)CC2)[C@@H](C2CC2)C[C@@H](CN2CCC(NCCC3=C(CC)C[C@H](C(C)O)C(C)N3)CC2)C1. The molecule has 3 aliphatic carbocycles. The first-order chi connectivity index (χ1) is 20.4. The topological polar surface area (TPSA) is 47.5 Å². The Morgan fingerprint density at radius 2 is 1.86 bits per heavy atom. The number of alkyl halides is 1. The molecule has 0 spiro atoms. The van der Waals surface area contributed by atoms with Crippen molar-refractivity contribution in [2.75, 3.05) is 26.2 Å². The molecule has 2 unspecified atom stereocenters. The van der Waals surface area contributed by atoms with E-state index in [0.29, 0.717) is 24.4 Å². The molecule has 0 aromatic heterocycles. The number of unbranched alkanes of at least 4 members (excludes halogenated alkanes) is 1. The Labute approximate surface area is 257 Å². The minimum atomic E-state index is -0.622. The third-order valence-corrected chi connectivity index (χ3v) is 11.5. The van der Waals surface area contributed by atoms with Gasteiger partial charge >= 0.3 is 0 Å². The highest BCUT2D eigenvalue weighted by atomic mass is 19.1. The molecule has 6 atom stereocenters. The van der Waals surface area contributed by atoms with E-state index in [4.69, 9.17) is 0 Å². The predicted molar refractivity (Wildman–Crippen MR) is 174 cm³/mol. The standard InChI is InChI=1S/C37H62FN3O/c1-5-7-8-31-21-27(22-35(29-9-10-29)37(31)30-11-13-32(38)14-12-30)24-41-19-16-33(17-20-41)39-18-15-36-28(6-2)23-34(26(4)42)25(3)40-36/h11,25-27,29,32-35,39-40,42H,5-10,12-24H2,1-4H3/t25?,26?,27-,32-,34-,35+/m0/s1. The summed E-state index contributed by atoms with van der Waals surface area (Å²) in [4.78, 5) is 2.78. The fourth-order valence-electron chi connectivity index (χ4n) is 8.84. The Morgan fingerprint density at radius 3 is 2.50 bits per heavy atom. The van der Waals surface area contributed by atoms with Crippen molar-refractivity contribution in [3.63, 3.8) is 0 Å². The third-order valence-electron chi connectivity index (χ3n) is 11.5. The lowest BCUT2D eigenvalue weighted by atomic mass is 9.69. The van der Waals surface area contributed by atoms with E-state index in [1.54, 1.807) is 16.7 Å². The summed E-state index contributed by atoms with van der Waals surface area (Å²) in [5, 5.41) is 17.8. The smallest absolute Gasteiger partial charge is 0.104 e. The van der Waals surface area contributed by atoms with Crippen molar-refractivity contribution in [2.45, 2.75) is 148 Å². The highest BCUT2D eigenvalue weighted by Crippen LogP contribution is 2.52. The molecule has 3 N–H and O–H groups in total. The first-order valence-corrected chi connectivity index (χ1v) is 18.0. The molecule has 0 bridgehead atoms. The fraction of sp³-hybridized carbons (Fsp3) is 0.838. The van der Waals surface area contributed by atoms with Gasteiger partial charge in [-0.15, -0.1) is 0 Å². The van der Waals surface area contributed by atoms with E-state index in [2.05, 4.69) is 42.4 Å². The summed E-state index contributed by atoms with van der Waals surface area (Å²) in [5.74, 6) is 2.74. The Hall–Kier alpha value is -1.17. The van der Waals surface area contributed by atoms with Crippen LogP contribution < -0.4 is 10.6 Å². The van der Waals surface area contributed by atoms with Gasteiger partial charge in [0.15, 0.2) is 0 Å². The first kappa shape index (κ1) is 32.2. The van der Waals surface area contributed by atoms with Crippen molar-refractivity contribution in [1.82, 2.24) is 15.5 Å².